The molecular weight excluding hydrogens is 264 g/mol. The Morgan fingerprint density at radius 1 is 1.47 bits per heavy atom. The topological polar surface area (TPSA) is 81.4 Å². The largest absolute Gasteiger partial charge is 0.462 e. The van der Waals surface area contributed by atoms with E-state index < -0.39 is 12.0 Å². The molecule has 0 aliphatic carbocycles. The van der Waals surface area contributed by atoms with Crippen molar-refractivity contribution >= 4 is 28.2 Å². The fourth-order valence-corrected chi connectivity index (χ4v) is 2.31. The SMILES string of the molecule is CCCCC(N)C(=O)Nc1sccc1C(=O)OCC. The van der Waals surface area contributed by atoms with E-state index in [1.165, 1.54) is 11.3 Å². The zero-order valence-corrected chi connectivity index (χ0v) is 12.1. The molecule has 0 bridgehead atoms. The maximum Gasteiger partial charge on any atom is 0.341 e. The fourth-order valence-electron chi connectivity index (χ4n) is 1.54. The van der Waals surface area contributed by atoms with E-state index in [9.17, 15) is 9.59 Å². The molecule has 106 valence electrons. The van der Waals surface area contributed by atoms with Gasteiger partial charge in [0.2, 0.25) is 5.91 Å². The molecular formula is C13H20N2O3S. The van der Waals surface area contributed by atoms with Crippen molar-refractivity contribution in [1.82, 2.24) is 0 Å². The molecule has 1 aromatic heterocycles. The highest BCUT2D eigenvalue weighted by atomic mass is 32.1. The van der Waals surface area contributed by atoms with Crippen molar-refractivity contribution in [2.75, 3.05) is 11.9 Å². The molecule has 0 saturated carbocycles. The Morgan fingerprint density at radius 2 is 2.21 bits per heavy atom. The Morgan fingerprint density at radius 3 is 2.84 bits per heavy atom. The Kier molecular flexibility index (Phi) is 6.52. The first-order valence-electron chi connectivity index (χ1n) is 6.41. The van der Waals surface area contributed by atoms with Gasteiger partial charge in [-0.1, -0.05) is 19.8 Å². The van der Waals surface area contributed by atoms with Crippen LogP contribution in [-0.2, 0) is 9.53 Å². The lowest BCUT2D eigenvalue weighted by molar-refractivity contribution is -0.117. The summed E-state index contributed by atoms with van der Waals surface area (Å²) >= 11 is 1.28. The molecule has 1 rings (SSSR count). The molecule has 19 heavy (non-hydrogen) atoms. The van der Waals surface area contributed by atoms with Crippen molar-refractivity contribution in [2.45, 2.75) is 39.2 Å². The van der Waals surface area contributed by atoms with Crippen LogP contribution in [0.5, 0.6) is 0 Å². The molecule has 1 amide bonds. The summed E-state index contributed by atoms with van der Waals surface area (Å²) in [7, 11) is 0. The Bertz CT molecular complexity index is 431. The monoisotopic (exact) mass is 284 g/mol. The highest BCUT2D eigenvalue weighted by Gasteiger charge is 2.19. The third-order valence-electron chi connectivity index (χ3n) is 2.60. The second-order valence-electron chi connectivity index (χ2n) is 4.12. The lowest BCUT2D eigenvalue weighted by atomic mass is 10.1. The summed E-state index contributed by atoms with van der Waals surface area (Å²) in [4.78, 5) is 23.5. The van der Waals surface area contributed by atoms with Gasteiger partial charge in [-0.15, -0.1) is 11.3 Å². The molecule has 1 aromatic rings. The van der Waals surface area contributed by atoms with Crippen molar-refractivity contribution in [3.05, 3.63) is 17.0 Å². The van der Waals surface area contributed by atoms with Gasteiger partial charge in [-0.2, -0.15) is 0 Å². The molecule has 0 aromatic carbocycles. The first-order valence-corrected chi connectivity index (χ1v) is 7.29. The predicted octanol–water partition coefficient (Wildman–Crippen LogP) is 2.38. The number of thiophene rings is 1. The number of rotatable bonds is 7. The van der Waals surface area contributed by atoms with E-state index in [1.54, 1.807) is 18.4 Å². The van der Waals surface area contributed by atoms with Crippen molar-refractivity contribution in [3.63, 3.8) is 0 Å². The maximum atomic E-state index is 11.9. The van der Waals surface area contributed by atoms with Gasteiger partial charge in [0.05, 0.1) is 18.2 Å². The number of amides is 1. The van der Waals surface area contributed by atoms with Crippen LogP contribution in [0.15, 0.2) is 11.4 Å². The van der Waals surface area contributed by atoms with Crippen molar-refractivity contribution in [3.8, 4) is 0 Å². The first-order chi connectivity index (χ1) is 9.10. The van der Waals surface area contributed by atoms with Crippen LogP contribution in [0, 0.1) is 0 Å². The van der Waals surface area contributed by atoms with Crippen LogP contribution in [0.3, 0.4) is 0 Å². The van der Waals surface area contributed by atoms with Crippen LogP contribution in [0.4, 0.5) is 5.00 Å². The number of esters is 1. The number of unbranched alkanes of at least 4 members (excludes halogenated alkanes) is 1. The van der Waals surface area contributed by atoms with Crippen LogP contribution in [0.25, 0.3) is 0 Å². The van der Waals surface area contributed by atoms with E-state index in [2.05, 4.69) is 5.32 Å². The molecule has 1 atom stereocenters. The molecule has 0 spiro atoms. The van der Waals surface area contributed by atoms with Crippen molar-refractivity contribution < 1.29 is 14.3 Å². The first kappa shape index (κ1) is 15.7. The molecule has 0 aliphatic rings. The van der Waals surface area contributed by atoms with Gasteiger partial charge in [-0.3, -0.25) is 4.79 Å². The standard InChI is InChI=1S/C13H20N2O3S/c1-3-5-6-10(14)11(16)15-12-9(7-8-19-12)13(17)18-4-2/h7-8,10H,3-6,14H2,1-2H3,(H,15,16). The minimum atomic E-state index is -0.544. The van der Waals surface area contributed by atoms with Gasteiger partial charge in [-0.05, 0) is 24.8 Å². The second kappa shape index (κ2) is 7.91. The average Bonchev–Trinajstić information content (AvgIpc) is 2.84. The number of nitrogens with one attached hydrogen (secondary N) is 1. The minimum Gasteiger partial charge on any atom is -0.462 e. The number of anilines is 1. The highest BCUT2D eigenvalue weighted by Crippen LogP contribution is 2.24. The van der Waals surface area contributed by atoms with Gasteiger partial charge >= 0.3 is 5.97 Å². The summed E-state index contributed by atoms with van der Waals surface area (Å²) in [6, 6.07) is 1.09. The third kappa shape index (κ3) is 4.65. The number of hydrogen-bond donors (Lipinski definition) is 2. The van der Waals surface area contributed by atoms with E-state index in [4.69, 9.17) is 10.5 Å². The molecule has 0 saturated heterocycles. The van der Waals surface area contributed by atoms with Gasteiger partial charge in [0.25, 0.3) is 0 Å². The predicted molar refractivity (Wildman–Crippen MR) is 76.4 cm³/mol. The van der Waals surface area contributed by atoms with Crippen LogP contribution in [0.1, 0.15) is 43.5 Å². The van der Waals surface area contributed by atoms with Crippen molar-refractivity contribution in [2.24, 2.45) is 5.73 Å². The van der Waals surface area contributed by atoms with Crippen LogP contribution in [-0.4, -0.2) is 24.5 Å². The quantitative estimate of drug-likeness (QED) is 0.753. The smallest absolute Gasteiger partial charge is 0.341 e. The Balaban J connectivity index is 2.64. The molecule has 6 heteroatoms. The lowest BCUT2D eigenvalue weighted by Crippen LogP contribution is -2.35. The number of hydrogen-bond acceptors (Lipinski definition) is 5. The number of carbonyl (C=O) groups is 2. The fraction of sp³-hybridized carbons (Fsp3) is 0.538. The summed E-state index contributed by atoms with van der Waals surface area (Å²) in [5.41, 5.74) is 6.16. The van der Waals surface area contributed by atoms with Crippen molar-refractivity contribution in [1.29, 1.82) is 0 Å². The molecule has 1 heterocycles. The number of carbonyl (C=O) groups excluding carboxylic acids is 2. The third-order valence-corrected chi connectivity index (χ3v) is 3.43. The summed E-state index contributed by atoms with van der Waals surface area (Å²) in [6.07, 6.45) is 2.54. The zero-order chi connectivity index (χ0) is 14.3. The van der Waals surface area contributed by atoms with Crippen LogP contribution >= 0.6 is 11.3 Å². The molecule has 0 aliphatic heterocycles. The lowest BCUT2D eigenvalue weighted by Gasteiger charge is -2.11. The Hall–Kier alpha value is -1.40. The van der Waals surface area contributed by atoms with Crippen LogP contribution in [0.2, 0.25) is 0 Å². The minimum absolute atomic E-state index is 0.263. The van der Waals surface area contributed by atoms with E-state index >= 15 is 0 Å². The normalized spacial score (nSPS) is 11.9. The van der Waals surface area contributed by atoms with E-state index in [1.807, 2.05) is 6.92 Å². The van der Waals surface area contributed by atoms with Gasteiger partial charge in [0, 0.05) is 0 Å². The zero-order valence-electron chi connectivity index (χ0n) is 11.3. The molecule has 0 radical (unpaired) electrons. The van der Waals surface area contributed by atoms with Gasteiger partial charge in [0.15, 0.2) is 0 Å². The molecule has 5 nitrogen and oxygen atoms in total. The molecule has 3 N–H and O–H groups in total. The van der Waals surface area contributed by atoms with Gasteiger partial charge in [-0.25, -0.2) is 4.79 Å². The second-order valence-corrected chi connectivity index (χ2v) is 5.04. The number of ether oxygens (including phenoxy) is 1. The summed E-state index contributed by atoms with van der Waals surface area (Å²) in [5, 5.41) is 4.92. The van der Waals surface area contributed by atoms with Gasteiger partial charge in [0.1, 0.15) is 5.00 Å². The molecule has 0 fully saturated rings. The summed E-state index contributed by atoms with van der Waals surface area (Å²) in [6.45, 7) is 4.09. The maximum absolute atomic E-state index is 11.9. The van der Waals surface area contributed by atoms with E-state index in [0.717, 1.165) is 12.8 Å². The van der Waals surface area contributed by atoms with Crippen LogP contribution < -0.4 is 11.1 Å². The summed E-state index contributed by atoms with van der Waals surface area (Å²) < 4.78 is 4.92. The van der Waals surface area contributed by atoms with E-state index in [-0.39, 0.29) is 5.91 Å². The highest BCUT2D eigenvalue weighted by molar-refractivity contribution is 7.14. The number of nitrogens with two attached hydrogens (primary N) is 1. The average molecular weight is 284 g/mol. The van der Waals surface area contributed by atoms with E-state index in [0.29, 0.717) is 23.6 Å². The summed E-state index contributed by atoms with van der Waals surface area (Å²) in [5.74, 6) is -0.692. The Labute approximate surface area is 117 Å². The molecule has 1 unspecified atom stereocenters. The van der Waals surface area contributed by atoms with Gasteiger partial charge < -0.3 is 15.8 Å².